The maximum atomic E-state index is 12.2. The molecule has 1 aliphatic rings. The van der Waals surface area contributed by atoms with E-state index in [1.54, 1.807) is 0 Å². The summed E-state index contributed by atoms with van der Waals surface area (Å²) in [6.45, 7) is 7.35. The second-order valence-electron chi connectivity index (χ2n) is 5.66. The fourth-order valence-electron chi connectivity index (χ4n) is 2.44. The first kappa shape index (κ1) is 15.8. The Hall–Kier alpha value is -1.55. The van der Waals surface area contributed by atoms with Crippen LogP contribution in [0.2, 0.25) is 0 Å². The first-order valence-corrected chi connectivity index (χ1v) is 7.73. The number of carbonyl (C=O) groups is 1. The Balaban J connectivity index is 1.91. The molecule has 1 heterocycles. The smallest absolute Gasteiger partial charge is 0.261 e. The maximum Gasteiger partial charge on any atom is 0.261 e. The largest absolute Gasteiger partial charge is 0.480 e. The molecule has 4 heteroatoms. The molecule has 1 aliphatic heterocycles. The molecule has 0 spiro atoms. The van der Waals surface area contributed by atoms with E-state index in [0.717, 1.165) is 36.3 Å². The lowest BCUT2D eigenvalue weighted by atomic mass is 10.1. The third-order valence-electron chi connectivity index (χ3n) is 3.80. The van der Waals surface area contributed by atoms with Crippen LogP contribution >= 0.6 is 0 Å². The average molecular weight is 291 g/mol. The van der Waals surface area contributed by atoms with Crippen molar-refractivity contribution >= 4 is 5.91 Å². The number of nitrogens with one attached hydrogen (secondary N) is 1. The molecule has 0 aromatic heterocycles. The first-order chi connectivity index (χ1) is 10.1. The Labute approximate surface area is 126 Å². The molecule has 4 nitrogen and oxygen atoms in total. The molecule has 0 radical (unpaired) electrons. The van der Waals surface area contributed by atoms with Gasteiger partial charge in [0.25, 0.3) is 5.91 Å². The van der Waals surface area contributed by atoms with Crippen LogP contribution in [0.15, 0.2) is 18.2 Å². The molecule has 1 aromatic carbocycles. The highest BCUT2D eigenvalue weighted by molar-refractivity contribution is 5.81. The lowest BCUT2D eigenvalue weighted by Crippen LogP contribution is -2.41. The zero-order valence-electron chi connectivity index (χ0n) is 13.1. The van der Waals surface area contributed by atoms with E-state index < -0.39 is 6.10 Å². The van der Waals surface area contributed by atoms with Crippen LogP contribution in [-0.4, -0.2) is 31.3 Å². The van der Waals surface area contributed by atoms with Crippen LogP contribution in [-0.2, 0) is 9.53 Å². The van der Waals surface area contributed by atoms with Gasteiger partial charge in [0.15, 0.2) is 6.10 Å². The van der Waals surface area contributed by atoms with Gasteiger partial charge in [-0.15, -0.1) is 0 Å². The second-order valence-corrected chi connectivity index (χ2v) is 5.66. The summed E-state index contributed by atoms with van der Waals surface area (Å²) in [4.78, 5) is 12.2. The number of hydrogen-bond acceptors (Lipinski definition) is 3. The van der Waals surface area contributed by atoms with Crippen molar-refractivity contribution in [2.45, 2.75) is 52.2 Å². The summed E-state index contributed by atoms with van der Waals surface area (Å²) in [7, 11) is 0. The van der Waals surface area contributed by atoms with Crippen LogP contribution in [0.5, 0.6) is 5.75 Å². The van der Waals surface area contributed by atoms with Crippen molar-refractivity contribution in [3.63, 3.8) is 0 Å². The fraction of sp³-hybridized carbons (Fsp3) is 0.588. The average Bonchev–Trinajstić information content (AvgIpc) is 2.99. The summed E-state index contributed by atoms with van der Waals surface area (Å²) in [5, 5.41) is 2.94. The topological polar surface area (TPSA) is 47.6 Å². The van der Waals surface area contributed by atoms with Gasteiger partial charge in [0.1, 0.15) is 5.75 Å². The van der Waals surface area contributed by atoms with Crippen molar-refractivity contribution in [2.24, 2.45) is 0 Å². The Kier molecular flexibility index (Phi) is 5.62. The molecule has 0 aliphatic carbocycles. The molecule has 1 aromatic rings. The molecule has 0 bridgehead atoms. The number of benzene rings is 1. The summed E-state index contributed by atoms with van der Waals surface area (Å²) >= 11 is 0. The molecule has 1 saturated heterocycles. The SMILES string of the molecule is CC[C@H](Oc1cc(C)ccc1C)C(=O)NC[C@H]1CCCO1. The van der Waals surface area contributed by atoms with Gasteiger partial charge in [0.2, 0.25) is 0 Å². The molecular weight excluding hydrogens is 266 g/mol. The summed E-state index contributed by atoms with van der Waals surface area (Å²) in [5.74, 6) is 0.725. The summed E-state index contributed by atoms with van der Waals surface area (Å²) in [5.41, 5.74) is 2.18. The van der Waals surface area contributed by atoms with Crippen molar-refractivity contribution in [1.82, 2.24) is 5.32 Å². The number of amides is 1. The van der Waals surface area contributed by atoms with Gasteiger partial charge in [-0.3, -0.25) is 4.79 Å². The van der Waals surface area contributed by atoms with Crippen molar-refractivity contribution in [3.8, 4) is 5.75 Å². The van der Waals surface area contributed by atoms with Crippen molar-refractivity contribution in [3.05, 3.63) is 29.3 Å². The monoisotopic (exact) mass is 291 g/mol. The maximum absolute atomic E-state index is 12.2. The quantitative estimate of drug-likeness (QED) is 0.876. The normalized spacial score (nSPS) is 19.3. The Bertz CT molecular complexity index is 481. The van der Waals surface area contributed by atoms with Gasteiger partial charge in [-0.1, -0.05) is 19.1 Å². The molecular formula is C17H25NO3. The molecule has 21 heavy (non-hydrogen) atoms. The molecule has 116 valence electrons. The van der Waals surface area contributed by atoms with Gasteiger partial charge in [0.05, 0.1) is 6.10 Å². The fourth-order valence-corrected chi connectivity index (χ4v) is 2.44. The van der Waals surface area contributed by atoms with E-state index in [1.807, 2.05) is 39.0 Å². The Morgan fingerprint density at radius 1 is 1.48 bits per heavy atom. The van der Waals surface area contributed by atoms with Gasteiger partial charge in [-0.25, -0.2) is 0 Å². The molecule has 0 saturated carbocycles. The highest BCUT2D eigenvalue weighted by Gasteiger charge is 2.22. The molecule has 0 unspecified atom stereocenters. The van der Waals surface area contributed by atoms with Gasteiger partial charge in [-0.05, 0) is 50.3 Å². The van der Waals surface area contributed by atoms with Crippen LogP contribution in [0.3, 0.4) is 0 Å². The summed E-state index contributed by atoms with van der Waals surface area (Å²) < 4.78 is 11.4. The standard InChI is InChI=1S/C17H25NO3/c1-4-15(17(19)18-11-14-6-5-9-20-14)21-16-10-12(2)7-8-13(16)3/h7-8,10,14-15H,4-6,9,11H2,1-3H3,(H,18,19)/t14-,15+/m1/s1. The van der Waals surface area contributed by atoms with Gasteiger partial charge >= 0.3 is 0 Å². The highest BCUT2D eigenvalue weighted by Crippen LogP contribution is 2.21. The zero-order chi connectivity index (χ0) is 15.2. The molecule has 1 fully saturated rings. The Morgan fingerprint density at radius 3 is 2.95 bits per heavy atom. The predicted octanol–water partition coefficient (Wildman–Crippen LogP) is 2.76. The van der Waals surface area contributed by atoms with E-state index >= 15 is 0 Å². The Morgan fingerprint density at radius 2 is 2.29 bits per heavy atom. The van der Waals surface area contributed by atoms with E-state index in [4.69, 9.17) is 9.47 Å². The minimum absolute atomic E-state index is 0.0612. The number of carbonyl (C=O) groups excluding carboxylic acids is 1. The van der Waals surface area contributed by atoms with Crippen LogP contribution in [0.25, 0.3) is 0 Å². The molecule has 2 rings (SSSR count). The first-order valence-electron chi connectivity index (χ1n) is 7.73. The highest BCUT2D eigenvalue weighted by atomic mass is 16.5. The lowest BCUT2D eigenvalue weighted by molar-refractivity contribution is -0.128. The van der Waals surface area contributed by atoms with Crippen molar-refractivity contribution in [2.75, 3.05) is 13.2 Å². The zero-order valence-corrected chi connectivity index (χ0v) is 13.1. The third kappa shape index (κ3) is 4.46. The number of ether oxygens (including phenoxy) is 2. The molecule has 1 amide bonds. The second kappa shape index (κ2) is 7.46. The third-order valence-corrected chi connectivity index (χ3v) is 3.80. The van der Waals surface area contributed by atoms with E-state index in [9.17, 15) is 4.79 Å². The van der Waals surface area contributed by atoms with E-state index in [2.05, 4.69) is 5.32 Å². The van der Waals surface area contributed by atoms with Crippen molar-refractivity contribution < 1.29 is 14.3 Å². The van der Waals surface area contributed by atoms with Crippen LogP contribution in [0.4, 0.5) is 0 Å². The number of rotatable bonds is 6. The van der Waals surface area contributed by atoms with Gasteiger partial charge in [-0.2, -0.15) is 0 Å². The minimum Gasteiger partial charge on any atom is -0.480 e. The van der Waals surface area contributed by atoms with Crippen molar-refractivity contribution in [1.29, 1.82) is 0 Å². The lowest BCUT2D eigenvalue weighted by Gasteiger charge is -2.20. The summed E-state index contributed by atoms with van der Waals surface area (Å²) in [6.07, 6.45) is 2.45. The predicted molar refractivity (Wildman–Crippen MR) is 82.6 cm³/mol. The van der Waals surface area contributed by atoms with Crippen LogP contribution < -0.4 is 10.1 Å². The number of hydrogen-bond donors (Lipinski definition) is 1. The van der Waals surface area contributed by atoms with Crippen LogP contribution in [0.1, 0.15) is 37.3 Å². The van der Waals surface area contributed by atoms with E-state index in [1.165, 1.54) is 0 Å². The van der Waals surface area contributed by atoms with Gasteiger partial charge < -0.3 is 14.8 Å². The number of aryl methyl sites for hydroxylation is 2. The molecule has 2 atom stereocenters. The van der Waals surface area contributed by atoms with E-state index in [-0.39, 0.29) is 12.0 Å². The minimum atomic E-state index is -0.452. The van der Waals surface area contributed by atoms with Gasteiger partial charge in [0, 0.05) is 13.2 Å². The summed E-state index contributed by atoms with van der Waals surface area (Å²) in [6, 6.07) is 6.04. The molecule has 1 N–H and O–H groups in total. The van der Waals surface area contributed by atoms with E-state index in [0.29, 0.717) is 13.0 Å². The van der Waals surface area contributed by atoms with Crippen LogP contribution in [0, 0.1) is 13.8 Å².